The second kappa shape index (κ2) is 8.84. The van der Waals surface area contributed by atoms with Gasteiger partial charge < -0.3 is 15.3 Å². The summed E-state index contributed by atoms with van der Waals surface area (Å²) in [6.45, 7) is 4.70. The summed E-state index contributed by atoms with van der Waals surface area (Å²) in [5.41, 5.74) is 0.324. The first-order valence-electron chi connectivity index (χ1n) is 8.51. The van der Waals surface area contributed by atoms with Crippen LogP contribution < -0.4 is 10.9 Å². The van der Waals surface area contributed by atoms with Crippen LogP contribution in [0.4, 0.5) is 10.5 Å². The van der Waals surface area contributed by atoms with Gasteiger partial charge in [-0.05, 0) is 31.5 Å². The van der Waals surface area contributed by atoms with E-state index in [0.29, 0.717) is 13.1 Å². The molecule has 0 unspecified atom stereocenters. The molecule has 138 valence electrons. The van der Waals surface area contributed by atoms with E-state index in [9.17, 15) is 19.5 Å². The normalized spacial score (nSPS) is 11.6. The highest BCUT2D eigenvalue weighted by Crippen LogP contribution is 2.14. The number of pyridine rings is 1. The maximum atomic E-state index is 12.7. The van der Waals surface area contributed by atoms with Crippen molar-refractivity contribution in [3.05, 3.63) is 64.6 Å². The summed E-state index contributed by atoms with van der Waals surface area (Å²) in [6.07, 6.45) is 1.60. The predicted octanol–water partition coefficient (Wildman–Crippen LogP) is 2.59. The van der Waals surface area contributed by atoms with Crippen LogP contribution in [0.1, 0.15) is 25.5 Å². The smallest absolute Gasteiger partial charge is 0.327 e. The first-order valence-corrected chi connectivity index (χ1v) is 8.51. The van der Waals surface area contributed by atoms with Crippen LogP contribution in [0.25, 0.3) is 0 Å². The summed E-state index contributed by atoms with van der Waals surface area (Å²) in [7, 11) is 0. The summed E-state index contributed by atoms with van der Waals surface area (Å²) in [4.78, 5) is 38.2. The van der Waals surface area contributed by atoms with Gasteiger partial charge in [0, 0.05) is 25.7 Å². The lowest BCUT2D eigenvalue weighted by Gasteiger charge is -2.20. The zero-order valence-corrected chi connectivity index (χ0v) is 14.9. The Labute approximate surface area is 151 Å². The Kier molecular flexibility index (Phi) is 6.54. The van der Waals surface area contributed by atoms with Gasteiger partial charge in [-0.2, -0.15) is 0 Å². The molecular formula is C19H23N3O4. The van der Waals surface area contributed by atoms with Gasteiger partial charge in [-0.25, -0.2) is 9.59 Å². The summed E-state index contributed by atoms with van der Waals surface area (Å²) >= 11 is 0. The van der Waals surface area contributed by atoms with Crippen molar-refractivity contribution in [1.29, 1.82) is 0 Å². The molecule has 1 atom stereocenters. The molecule has 1 aromatic carbocycles. The molecule has 0 saturated heterocycles. The van der Waals surface area contributed by atoms with E-state index in [1.165, 1.54) is 17.2 Å². The van der Waals surface area contributed by atoms with E-state index in [1.54, 1.807) is 6.07 Å². The van der Waals surface area contributed by atoms with Crippen LogP contribution in [0, 0.1) is 0 Å². The number of aliphatic carboxylic acids is 1. The highest BCUT2D eigenvalue weighted by atomic mass is 16.4. The van der Waals surface area contributed by atoms with E-state index < -0.39 is 17.6 Å². The summed E-state index contributed by atoms with van der Waals surface area (Å²) in [5, 5.41) is 12.2. The quantitative estimate of drug-likeness (QED) is 0.797. The predicted molar refractivity (Wildman–Crippen MR) is 99.5 cm³/mol. The molecule has 0 radical (unpaired) electrons. The maximum absolute atomic E-state index is 12.7. The van der Waals surface area contributed by atoms with E-state index in [2.05, 4.69) is 5.32 Å². The Balaban J connectivity index is 2.32. The van der Waals surface area contributed by atoms with Gasteiger partial charge in [0.25, 0.3) is 5.56 Å². The molecule has 0 bridgehead atoms. The minimum absolute atomic E-state index is 0.0590. The Bertz CT molecular complexity index is 813. The molecule has 26 heavy (non-hydrogen) atoms. The van der Waals surface area contributed by atoms with Gasteiger partial charge in [-0.1, -0.05) is 30.3 Å². The number of carbonyl (C=O) groups is 2. The lowest BCUT2D eigenvalue weighted by Crippen LogP contribution is -2.38. The number of amides is 2. The number of carbonyl (C=O) groups excluding carboxylic acids is 1. The number of carboxylic acid groups (broad SMARTS) is 1. The molecule has 2 rings (SSSR count). The molecule has 0 saturated carbocycles. The van der Waals surface area contributed by atoms with Crippen molar-refractivity contribution in [2.45, 2.75) is 26.3 Å². The molecule has 1 heterocycles. The van der Waals surface area contributed by atoms with Crippen LogP contribution in [-0.2, 0) is 11.2 Å². The fourth-order valence-electron chi connectivity index (χ4n) is 2.70. The number of nitrogens with zero attached hydrogens (tertiary/aromatic N) is 2. The third-order valence-corrected chi connectivity index (χ3v) is 4.16. The number of rotatable bonds is 7. The van der Waals surface area contributed by atoms with E-state index in [0.717, 1.165) is 10.1 Å². The average Bonchev–Trinajstić information content (AvgIpc) is 2.63. The van der Waals surface area contributed by atoms with Crippen LogP contribution >= 0.6 is 0 Å². The molecular weight excluding hydrogens is 334 g/mol. The molecule has 0 spiro atoms. The van der Waals surface area contributed by atoms with Gasteiger partial charge in [0.1, 0.15) is 11.7 Å². The topological polar surface area (TPSA) is 91.6 Å². The standard InChI is InChI=1S/C19H23N3O4/c1-3-21(4-2)19(26)20-15-11-8-12-22(17(15)23)16(18(24)25)13-14-9-6-5-7-10-14/h5-12,16H,3-4,13H2,1-2H3,(H,20,26)(H,24,25)/t16-/m0/s1. The Hall–Kier alpha value is -3.09. The monoisotopic (exact) mass is 357 g/mol. The fraction of sp³-hybridized carbons (Fsp3) is 0.316. The van der Waals surface area contributed by atoms with E-state index in [-0.39, 0.29) is 18.1 Å². The van der Waals surface area contributed by atoms with E-state index >= 15 is 0 Å². The molecule has 2 N–H and O–H groups in total. The average molecular weight is 357 g/mol. The van der Waals surface area contributed by atoms with E-state index in [4.69, 9.17) is 0 Å². The number of urea groups is 1. The molecule has 0 aliphatic carbocycles. The van der Waals surface area contributed by atoms with Crippen molar-refractivity contribution < 1.29 is 14.7 Å². The van der Waals surface area contributed by atoms with Crippen LogP contribution in [0.15, 0.2) is 53.5 Å². The van der Waals surface area contributed by atoms with Crippen molar-refractivity contribution in [3.63, 3.8) is 0 Å². The number of nitrogens with one attached hydrogen (secondary N) is 1. The number of aromatic nitrogens is 1. The number of carboxylic acids is 1. The molecule has 2 aromatic rings. The van der Waals surface area contributed by atoms with Crippen molar-refractivity contribution in [2.75, 3.05) is 18.4 Å². The SMILES string of the molecule is CCN(CC)C(=O)Nc1cccn([C@@H](Cc2ccccc2)C(=O)O)c1=O. The van der Waals surface area contributed by atoms with Gasteiger partial charge in [0.15, 0.2) is 0 Å². The van der Waals surface area contributed by atoms with Gasteiger partial charge in [0.2, 0.25) is 0 Å². The highest BCUT2D eigenvalue weighted by Gasteiger charge is 2.22. The fourth-order valence-corrected chi connectivity index (χ4v) is 2.70. The second-order valence-electron chi connectivity index (χ2n) is 5.78. The first kappa shape index (κ1) is 19.2. The first-order chi connectivity index (χ1) is 12.5. The molecule has 0 aliphatic heterocycles. The van der Waals surface area contributed by atoms with Gasteiger partial charge in [-0.15, -0.1) is 0 Å². The van der Waals surface area contributed by atoms with Crippen LogP contribution in [0.3, 0.4) is 0 Å². The third-order valence-electron chi connectivity index (χ3n) is 4.16. The molecule has 1 aromatic heterocycles. The second-order valence-corrected chi connectivity index (χ2v) is 5.78. The highest BCUT2D eigenvalue weighted by molar-refractivity contribution is 5.89. The number of anilines is 1. The summed E-state index contributed by atoms with van der Waals surface area (Å²) in [5.74, 6) is -1.11. The Morgan fingerprint density at radius 3 is 2.35 bits per heavy atom. The van der Waals surface area contributed by atoms with Crippen molar-refractivity contribution >= 4 is 17.7 Å². The number of benzene rings is 1. The van der Waals surface area contributed by atoms with Crippen molar-refractivity contribution in [3.8, 4) is 0 Å². The number of hydrogen-bond acceptors (Lipinski definition) is 3. The lowest BCUT2D eigenvalue weighted by atomic mass is 10.1. The van der Waals surface area contributed by atoms with Gasteiger partial charge >= 0.3 is 12.0 Å². The molecule has 0 fully saturated rings. The Morgan fingerprint density at radius 1 is 1.12 bits per heavy atom. The molecule has 0 aliphatic rings. The third kappa shape index (κ3) is 4.50. The van der Waals surface area contributed by atoms with Crippen molar-refractivity contribution in [2.24, 2.45) is 0 Å². The molecule has 7 heteroatoms. The summed E-state index contributed by atoms with van der Waals surface area (Å²) in [6, 6.07) is 10.7. The minimum Gasteiger partial charge on any atom is -0.480 e. The van der Waals surface area contributed by atoms with Crippen LogP contribution in [0.2, 0.25) is 0 Å². The Morgan fingerprint density at radius 2 is 1.77 bits per heavy atom. The number of hydrogen-bond donors (Lipinski definition) is 2. The largest absolute Gasteiger partial charge is 0.480 e. The zero-order chi connectivity index (χ0) is 19.1. The minimum atomic E-state index is -1.11. The molecule has 7 nitrogen and oxygen atoms in total. The van der Waals surface area contributed by atoms with Gasteiger partial charge in [-0.3, -0.25) is 9.36 Å². The zero-order valence-electron chi connectivity index (χ0n) is 14.9. The van der Waals surface area contributed by atoms with Crippen LogP contribution in [-0.4, -0.2) is 39.7 Å². The summed E-state index contributed by atoms with van der Waals surface area (Å²) < 4.78 is 1.15. The molecule has 2 amide bonds. The van der Waals surface area contributed by atoms with Crippen LogP contribution in [0.5, 0.6) is 0 Å². The maximum Gasteiger partial charge on any atom is 0.327 e. The lowest BCUT2D eigenvalue weighted by molar-refractivity contribution is -0.141. The van der Waals surface area contributed by atoms with Gasteiger partial charge in [0.05, 0.1) is 0 Å². The van der Waals surface area contributed by atoms with Crippen molar-refractivity contribution in [1.82, 2.24) is 9.47 Å². The van der Waals surface area contributed by atoms with E-state index in [1.807, 2.05) is 44.2 Å².